The van der Waals surface area contributed by atoms with E-state index in [1.807, 2.05) is 6.07 Å². The third-order valence-electron chi connectivity index (χ3n) is 3.14. The molecule has 0 aliphatic carbocycles. The predicted octanol–water partition coefficient (Wildman–Crippen LogP) is 3.10. The van der Waals surface area contributed by atoms with Gasteiger partial charge in [0.2, 0.25) is 0 Å². The quantitative estimate of drug-likeness (QED) is 0.854. The van der Waals surface area contributed by atoms with Crippen molar-refractivity contribution in [2.75, 3.05) is 0 Å². The second-order valence-corrected chi connectivity index (χ2v) is 4.59. The molecule has 21 heavy (non-hydrogen) atoms. The first-order chi connectivity index (χ1) is 9.82. The number of pyridine rings is 1. The van der Waals surface area contributed by atoms with Gasteiger partial charge < -0.3 is 0 Å². The van der Waals surface area contributed by atoms with Crippen molar-refractivity contribution in [3.05, 3.63) is 69.1 Å². The molecule has 0 fully saturated rings. The number of halogens is 3. The molecule has 1 aromatic carbocycles. The summed E-state index contributed by atoms with van der Waals surface area (Å²) in [4.78, 5) is 11.7. The maximum atomic E-state index is 12.9. The van der Waals surface area contributed by atoms with Crippen LogP contribution in [0, 0.1) is 18.3 Å². The van der Waals surface area contributed by atoms with Crippen molar-refractivity contribution < 1.29 is 13.2 Å². The zero-order valence-corrected chi connectivity index (χ0v) is 11.1. The first kappa shape index (κ1) is 14.9. The molecule has 0 amide bonds. The molecule has 3 nitrogen and oxygen atoms in total. The fraction of sp³-hybridized carbons (Fsp3) is 0.200. The second kappa shape index (κ2) is 5.44. The van der Waals surface area contributed by atoms with E-state index in [0.29, 0.717) is 21.3 Å². The van der Waals surface area contributed by atoms with Crippen molar-refractivity contribution >= 4 is 0 Å². The highest BCUT2D eigenvalue weighted by Crippen LogP contribution is 2.28. The van der Waals surface area contributed by atoms with Crippen LogP contribution in [0.3, 0.4) is 0 Å². The SMILES string of the molecule is Cc1cc(C#N)ccc1Cn1c(C(F)(F)F)cccc1=O. The van der Waals surface area contributed by atoms with Crippen molar-refractivity contribution in [2.24, 2.45) is 0 Å². The number of nitriles is 1. The van der Waals surface area contributed by atoms with Crippen molar-refractivity contribution in [1.82, 2.24) is 4.57 Å². The fourth-order valence-corrected chi connectivity index (χ4v) is 2.04. The molecule has 1 heterocycles. The lowest BCUT2D eigenvalue weighted by atomic mass is 10.1. The molecule has 0 saturated carbocycles. The highest BCUT2D eigenvalue weighted by Gasteiger charge is 2.34. The zero-order valence-electron chi connectivity index (χ0n) is 11.1. The molecule has 0 radical (unpaired) electrons. The van der Waals surface area contributed by atoms with Gasteiger partial charge in [-0.25, -0.2) is 0 Å². The average molecular weight is 292 g/mol. The van der Waals surface area contributed by atoms with Crippen LogP contribution in [0.5, 0.6) is 0 Å². The number of hydrogen-bond acceptors (Lipinski definition) is 2. The van der Waals surface area contributed by atoms with Gasteiger partial charge in [-0.3, -0.25) is 9.36 Å². The molecule has 2 rings (SSSR count). The van der Waals surface area contributed by atoms with E-state index in [9.17, 15) is 18.0 Å². The monoisotopic (exact) mass is 292 g/mol. The third kappa shape index (κ3) is 3.14. The van der Waals surface area contributed by atoms with Crippen LogP contribution in [0.1, 0.15) is 22.4 Å². The smallest absolute Gasteiger partial charge is 0.300 e. The number of rotatable bonds is 2. The molecule has 0 spiro atoms. The average Bonchev–Trinajstić information content (AvgIpc) is 2.41. The number of aryl methyl sites for hydroxylation is 1. The molecule has 108 valence electrons. The molecule has 0 aliphatic rings. The highest BCUT2D eigenvalue weighted by atomic mass is 19.4. The summed E-state index contributed by atoms with van der Waals surface area (Å²) in [5.74, 6) is 0. The lowest BCUT2D eigenvalue weighted by Crippen LogP contribution is -2.27. The van der Waals surface area contributed by atoms with Gasteiger partial charge in [0.05, 0.1) is 18.2 Å². The van der Waals surface area contributed by atoms with Gasteiger partial charge in [0.15, 0.2) is 0 Å². The predicted molar refractivity (Wildman–Crippen MR) is 70.7 cm³/mol. The van der Waals surface area contributed by atoms with Gasteiger partial charge in [-0.2, -0.15) is 18.4 Å². The van der Waals surface area contributed by atoms with Crippen LogP contribution in [0.2, 0.25) is 0 Å². The lowest BCUT2D eigenvalue weighted by molar-refractivity contribution is -0.144. The molecule has 1 aromatic heterocycles. The molecular weight excluding hydrogens is 281 g/mol. The Hall–Kier alpha value is -2.55. The Morgan fingerprint density at radius 1 is 1.24 bits per heavy atom. The Kier molecular flexibility index (Phi) is 3.85. The molecular formula is C15H11F3N2O. The van der Waals surface area contributed by atoms with Gasteiger partial charge in [-0.1, -0.05) is 12.1 Å². The zero-order chi connectivity index (χ0) is 15.6. The first-order valence-electron chi connectivity index (χ1n) is 6.09. The molecule has 0 bridgehead atoms. The van der Waals surface area contributed by atoms with E-state index in [0.717, 1.165) is 18.2 Å². The van der Waals surface area contributed by atoms with E-state index in [-0.39, 0.29) is 6.54 Å². The minimum atomic E-state index is -4.60. The number of aromatic nitrogens is 1. The summed E-state index contributed by atoms with van der Waals surface area (Å²) in [5, 5.41) is 8.78. The third-order valence-corrected chi connectivity index (χ3v) is 3.14. The van der Waals surface area contributed by atoms with Gasteiger partial charge in [-0.15, -0.1) is 0 Å². The van der Waals surface area contributed by atoms with Crippen LogP contribution in [0.4, 0.5) is 13.2 Å². The Morgan fingerprint density at radius 3 is 2.52 bits per heavy atom. The Balaban J connectivity index is 2.50. The molecule has 6 heteroatoms. The summed E-state index contributed by atoms with van der Waals surface area (Å²) < 4.78 is 39.5. The maximum absolute atomic E-state index is 12.9. The van der Waals surface area contributed by atoms with Crippen molar-refractivity contribution in [2.45, 2.75) is 19.6 Å². The molecule has 0 N–H and O–H groups in total. The van der Waals surface area contributed by atoms with E-state index in [4.69, 9.17) is 5.26 Å². The van der Waals surface area contributed by atoms with E-state index >= 15 is 0 Å². The maximum Gasteiger partial charge on any atom is 0.431 e. The Bertz CT molecular complexity index is 770. The summed E-state index contributed by atoms with van der Waals surface area (Å²) in [7, 11) is 0. The number of benzene rings is 1. The van der Waals surface area contributed by atoms with E-state index < -0.39 is 17.4 Å². The lowest BCUT2D eigenvalue weighted by Gasteiger charge is -2.16. The topological polar surface area (TPSA) is 45.8 Å². The summed E-state index contributed by atoms with van der Waals surface area (Å²) in [6.45, 7) is 1.50. The number of nitrogens with zero attached hydrogens (tertiary/aromatic N) is 2. The molecule has 0 saturated heterocycles. The summed E-state index contributed by atoms with van der Waals surface area (Å²) in [6, 6.07) is 9.68. The molecule has 0 unspecified atom stereocenters. The first-order valence-corrected chi connectivity index (χ1v) is 6.09. The molecule has 0 aliphatic heterocycles. The highest BCUT2D eigenvalue weighted by molar-refractivity contribution is 5.37. The van der Waals surface area contributed by atoms with Gasteiger partial charge in [0.1, 0.15) is 5.69 Å². The van der Waals surface area contributed by atoms with Crippen molar-refractivity contribution in [3.8, 4) is 6.07 Å². The largest absolute Gasteiger partial charge is 0.431 e. The number of alkyl halides is 3. The summed E-state index contributed by atoms with van der Waals surface area (Å²) in [5.41, 5.74) is -0.0502. The van der Waals surface area contributed by atoms with Gasteiger partial charge in [0.25, 0.3) is 5.56 Å². The minimum Gasteiger partial charge on any atom is -0.300 e. The standard InChI is InChI=1S/C15H11F3N2O/c1-10-7-11(8-19)5-6-12(10)9-20-13(15(16,17)18)3-2-4-14(20)21/h2-7H,9H2,1H3. The van der Waals surface area contributed by atoms with Crippen LogP contribution in [0.25, 0.3) is 0 Å². The van der Waals surface area contributed by atoms with Gasteiger partial charge in [-0.05, 0) is 36.2 Å². The normalized spacial score (nSPS) is 11.2. The number of hydrogen-bond donors (Lipinski definition) is 0. The summed E-state index contributed by atoms with van der Waals surface area (Å²) in [6.07, 6.45) is -4.60. The minimum absolute atomic E-state index is 0.188. The van der Waals surface area contributed by atoms with Crippen LogP contribution >= 0.6 is 0 Å². The van der Waals surface area contributed by atoms with E-state index in [1.54, 1.807) is 19.1 Å². The van der Waals surface area contributed by atoms with Crippen LogP contribution in [0.15, 0.2) is 41.2 Å². The van der Waals surface area contributed by atoms with E-state index in [2.05, 4.69) is 0 Å². The molecule has 2 aromatic rings. The van der Waals surface area contributed by atoms with Crippen molar-refractivity contribution in [1.29, 1.82) is 5.26 Å². The Morgan fingerprint density at radius 2 is 1.95 bits per heavy atom. The van der Waals surface area contributed by atoms with Crippen LogP contribution in [-0.4, -0.2) is 4.57 Å². The van der Waals surface area contributed by atoms with Gasteiger partial charge in [0, 0.05) is 6.07 Å². The van der Waals surface area contributed by atoms with E-state index in [1.165, 1.54) is 6.07 Å². The van der Waals surface area contributed by atoms with Crippen molar-refractivity contribution in [3.63, 3.8) is 0 Å². The second-order valence-electron chi connectivity index (χ2n) is 4.59. The van der Waals surface area contributed by atoms with Gasteiger partial charge >= 0.3 is 6.18 Å². The fourth-order valence-electron chi connectivity index (χ4n) is 2.04. The summed E-state index contributed by atoms with van der Waals surface area (Å²) >= 11 is 0. The Labute approximate surface area is 118 Å². The van der Waals surface area contributed by atoms with Crippen LogP contribution in [-0.2, 0) is 12.7 Å². The van der Waals surface area contributed by atoms with Crippen LogP contribution < -0.4 is 5.56 Å². The molecule has 0 atom stereocenters.